The number of carbonyl (C=O) groups is 1. The van der Waals surface area contributed by atoms with E-state index in [1.807, 2.05) is 12.1 Å². The highest BCUT2D eigenvalue weighted by molar-refractivity contribution is 7.99. The van der Waals surface area contributed by atoms with Crippen LogP contribution in [0.15, 0.2) is 33.9 Å². The van der Waals surface area contributed by atoms with Gasteiger partial charge in [0.1, 0.15) is 5.75 Å². The standard InChI is InChI=1S/C19H24ClN3O3S/c1-12-6-5-8-15(13(12)2)21-17(24)11-27-19-23-22-18(26-19)10-25-16-9-4-3-7-14(16)20/h3-4,7,9,12-13,15H,5-6,8,10-11H2,1-2H3,(H,21,24)/t12-,13+,15-/m0/s1. The molecule has 27 heavy (non-hydrogen) atoms. The molecule has 3 rings (SSSR count). The van der Waals surface area contributed by atoms with Crippen LogP contribution in [-0.2, 0) is 11.4 Å². The van der Waals surface area contributed by atoms with Crippen LogP contribution in [0, 0.1) is 11.8 Å². The van der Waals surface area contributed by atoms with Gasteiger partial charge in [0.25, 0.3) is 11.1 Å². The first-order valence-corrected chi connectivity index (χ1v) is 10.5. The normalized spacial score (nSPS) is 22.4. The lowest BCUT2D eigenvalue weighted by Crippen LogP contribution is -2.44. The Morgan fingerprint density at radius 3 is 2.96 bits per heavy atom. The van der Waals surface area contributed by atoms with E-state index in [1.165, 1.54) is 24.6 Å². The first-order chi connectivity index (χ1) is 13.0. The summed E-state index contributed by atoms with van der Waals surface area (Å²) >= 11 is 7.27. The predicted molar refractivity (Wildman–Crippen MR) is 105 cm³/mol. The SMILES string of the molecule is C[C@H]1[C@@H](NC(=O)CSc2nnc(COc3ccccc3Cl)o2)CCC[C@@H]1C. The molecule has 8 heteroatoms. The molecule has 1 amide bonds. The third-order valence-electron chi connectivity index (χ3n) is 5.02. The third-order valence-corrected chi connectivity index (χ3v) is 6.15. The van der Waals surface area contributed by atoms with E-state index in [-0.39, 0.29) is 24.3 Å². The number of hydrogen-bond donors (Lipinski definition) is 1. The van der Waals surface area contributed by atoms with Gasteiger partial charge in [-0.15, -0.1) is 10.2 Å². The van der Waals surface area contributed by atoms with Crippen LogP contribution in [0.5, 0.6) is 5.75 Å². The molecule has 0 bridgehead atoms. The maximum atomic E-state index is 12.2. The molecule has 0 spiro atoms. The number of halogens is 1. The van der Waals surface area contributed by atoms with Crippen LogP contribution >= 0.6 is 23.4 Å². The van der Waals surface area contributed by atoms with Crippen molar-refractivity contribution in [2.24, 2.45) is 11.8 Å². The Bertz CT molecular complexity index is 770. The second kappa shape index (κ2) is 9.46. The number of nitrogens with zero attached hydrogens (tertiary/aromatic N) is 2. The maximum absolute atomic E-state index is 12.2. The van der Waals surface area contributed by atoms with E-state index in [0.29, 0.717) is 33.7 Å². The first-order valence-electron chi connectivity index (χ1n) is 9.15. The second-order valence-electron chi connectivity index (χ2n) is 6.91. The van der Waals surface area contributed by atoms with Crippen molar-refractivity contribution >= 4 is 29.3 Å². The molecule has 1 aliphatic carbocycles. The van der Waals surface area contributed by atoms with E-state index >= 15 is 0 Å². The van der Waals surface area contributed by atoms with Crippen molar-refractivity contribution in [2.75, 3.05) is 5.75 Å². The van der Waals surface area contributed by atoms with Crippen molar-refractivity contribution in [2.45, 2.75) is 51.0 Å². The Kier molecular flexibility index (Phi) is 7.01. The van der Waals surface area contributed by atoms with Gasteiger partial charge in [0.2, 0.25) is 5.91 Å². The number of amides is 1. The van der Waals surface area contributed by atoms with Crippen LogP contribution in [0.3, 0.4) is 0 Å². The molecule has 2 aromatic rings. The van der Waals surface area contributed by atoms with Gasteiger partial charge in [0.05, 0.1) is 10.8 Å². The number of thioether (sulfide) groups is 1. The van der Waals surface area contributed by atoms with Crippen molar-refractivity contribution in [1.29, 1.82) is 0 Å². The highest BCUT2D eigenvalue weighted by Gasteiger charge is 2.28. The van der Waals surface area contributed by atoms with Gasteiger partial charge in [-0.3, -0.25) is 4.79 Å². The monoisotopic (exact) mass is 409 g/mol. The van der Waals surface area contributed by atoms with Crippen LogP contribution in [-0.4, -0.2) is 27.9 Å². The predicted octanol–water partition coefficient (Wildman–Crippen LogP) is 4.34. The van der Waals surface area contributed by atoms with E-state index in [2.05, 4.69) is 29.4 Å². The number of aromatic nitrogens is 2. The summed E-state index contributed by atoms with van der Waals surface area (Å²) < 4.78 is 11.1. The lowest BCUT2D eigenvalue weighted by atomic mass is 9.78. The summed E-state index contributed by atoms with van der Waals surface area (Å²) in [7, 11) is 0. The van der Waals surface area contributed by atoms with Crippen LogP contribution < -0.4 is 10.1 Å². The molecule has 6 nitrogen and oxygen atoms in total. The zero-order valence-corrected chi connectivity index (χ0v) is 17.1. The van der Waals surface area contributed by atoms with Crippen molar-refractivity contribution in [1.82, 2.24) is 15.5 Å². The Morgan fingerprint density at radius 1 is 1.33 bits per heavy atom. The molecule has 1 aromatic carbocycles. The van der Waals surface area contributed by atoms with E-state index in [1.54, 1.807) is 12.1 Å². The molecule has 1 aliphatic rings. The third kappa shape index (κ3) is 5.62. The average molecular weight is 410 g/mol. The molecule has 0 aliphatic heterocycles. The van der Waals surface area contributed by atoms with Crippen molar-refractivity contribution in [3.8, 4) is 5.75 Å². The lowest BCUT2D eigenvalue weighted by molar-refractivity contribution is -0.120. The number of ether oxygens (including phenoxy) is 1. The van der Waals surface area contributed by atoms with Gasteiger partial charge in [-0.25, -0.2) is 0 Å². The highest BCUT2D eigenvalue weighted by atomic mass is 35.5. The van der Waals surface area contributed by atoms with Gasteiger partial charge < -0.3 is 14.5 Å². The van der Waals surface area contributed by atoms with E-state index in [0.717, 1.165) is 6.42 Å². The number of carbonyl (C=O) groups excluding carboxylic acids is 1. The molecular formula is C19H24ClN3O3S. The molecule has 1 saturated carbocycles. The molecule has 3 atom stereocenters. The van der Waals surface area contributed by atoms with Crippen LogP contribution in [0.2, 0.25) is 5.02 Å². The molecule has 1 fully saturated rings. The molecule has 146 valence electrons. The molecule has 1 aromatic heterocycles. The zero-order valence-electron chi connectivity index (χ0n) is 15.5. The van der Waals surface area contributed by atoms with E-state index < -0.39 is 0 Å². The summed E-state index contributed by atoms with van der Waals surface area (Å²) in [5.41, 5.74) is 0. The summed E-state index contributed by atoms with van der Waals surface area (Å²) in [5.74, 6) is 2.30. The molecule has 0 saturated heterocycles. The minimum atomic E-state index is -0.00184. The van der Waals surface area contributed by atoms with Crippen LogP contribution in [0.1, 0.15) is 39.0 Å². The zero-order chi connectivity index (χ0) is 19.2. The smallest absolute Gasteiger partial charge is 0.277 e. The van der Waals surface area contributed by atoms with Gasteiger partial charge in [0, 0.05) is 6.04 Å². The summed E-state index contributed by atoms with van der Waals surface area (Å²) in [4.78, 5) is 12.2. The molecular weight excluding hydrogens is 386 g/mol. The van der Waals surface area contributed by atoms with Crippen LogP contribution in [0.4, 0.5) is 0 Å². The fourth-order valence-electron chi connectivity index (χ4n) is 3.22. The lowest BCUT2D eigenvalue weighted by Gasteiger charge is -2.34. The van der Waals surface area contributed by atoms with Crippen molar-refractivity contribution in [3.63, 3.8) is 0 Å². The summed E-state index contributed by atoms with van der Waals surface area (Å²) in [6.45, 7) is 4.59. The molecule has 1 heterocycles. The average Bonchev–Trinajstić information content (AvgIpc) is 3.11. The summed E-state index contributed by atoms with van der Waals surface area (Å²) in [6.07, 6.45) is 3.46. The van der Waals surface area contributed by atoms with Crippen LogP contribution in [0.25, 0.3) is 0 Å². The van der Waals surface area contributed by atoms with E-state index in [4.69, 9.17) is 20.8 Å². The fraction of sp³-hybridized carbons (Fsp3) is 0.526. The Hall–Kier alpha value is -1.73. The topological polar surface area (TPSA) is 77.2 Å². The van der Waals surface area contributed by atoms with E-state index in [9.17, 15) is 4.79 Å². The fourth-order valence-corrected chi connectivity index (χ4v) is 4.00. The van der Waals surface area contributed by atoms with Crippen molar-refractivity contribution < 1.29 is 13.9 Å². The number of nitrogens with one attached hydrogen (secondary N) is 1. The van der Waals surface area contributed by atoms with Gasteiger partial charge in [-0.2, -0.15) is 0 Å². The van der Waals surface area contributed by atoms with Gasteiger partial charge in [-0.1, -0.05) is 62.2 Å². The Balaban J connectivity index is 1.44. The second-order valence-corrected chi connectivity index (χ2v) is 8.24. The number of rotatable bonds is 7. The Morgan fingerprint density at radius 2 is 2.15 bits per heavy atom. The van der Waals surface area contributed by atoms with Gasteiger partial charge in [0.15, 0.2) is 6.61 Å². The molecule has 0 unspecified atom stereocenters. The molecule has 0 radical (unpaired) electrons. The van der Waals surface area contributed by atoms with Gasteiger partial charge >= 0.3 is 0 Å². The minimum Gasteiger partial charge on any atom is -0.482 e. The maximum Gasteiger partial charge on any atom is 0.277 e. The first kappa shape index (κ1) is 20.0. The number of para-hydroxylation sites is 1. The number of benzene rings is 1. The van der Waals surface area contributed by atoms with Gasteiger partial charge in [-0.05, 0) is 30.4 Å². The minimum absolute atomic E-state index is 0.00184. The highest BCUT2D eigenvalue weighted by Crippen LogP contribution is 2.29. The quantitative estimate of drug-likeness (QED) is 0.685. The Labute approximate surface area is 168 Å². The summed E-state index contributed by atoms with van der Waals surface area (Å²) in [5, 5.41) is 11.9. The van der Waals surface area contributed by atoms with Crippen molar-refractivity contribution in [3.05, 3.63) is 35.2 Å². The summed E-state index contributed by atoms with van der Waals surface area (Å²) in [6, 6.07) is 7.44. The molecule has 1 N–H and O–H groups in total. The largest absolute Gasteiger partial charge is 0.482 e. The number of hydrogen-bond acceptors (Lipinski definition) is 6.